The van der Waals surface area contributed by atoms with Crippen LogP contribution in [0.4, 0.5) is 0 Å². The predicted octanol–water partition coefficient (Wildman–Crippen LogP) is 3.30. The molecule has 0 amide bonds. The van der Waals surface area contributed by atoms with Gasteiger partial charge in [-0.25, -0.2) is 0 Å². The predicted molar refractivity (Wildman–Crippen MR) is 79.7 cm³/mol. The fourth-order valence-corrected chi connectivity index (χ4v) is 1.62. The van der Waals surface area contributed by atoms with E-state index < -0.39 is 0 Å². The lowest BCUT2D eigenvalue weighted by atomic mass is 10.1. The minimum atomic E-state index is 0.0981. The SMILES string of the molecule is COC(C)COc1ccc(C)cc1CNC(C)(C)C. The maximum atomic E-state index is 5.85. The van der Waals surface area contributed by atoms with Crippen molar-refractivity contribution in [2.24, 2.45) is 0 Å². The summed E-state index contributed by atoms with van der Waals surface area (Å²) in [6.45, 7) is 12.0. The van der Waals surface area contributed by atoms with E-state index in [4.69, 9.17) is 9.47 Å². The quantitative estimate of drug-likeness (QED) is 0.856. The van der Waals surface area contributed by atoms with E-state index in [9.17, 15) is 0 Å². The average Bonchev–Trinajstić information content (AvgIpc) is 2.33. The average molecular weight is 265 g/mol. The lowest BCUT2D eigenvalue weighted by Gasteiger charge is -2.22. The smallest absolute Gasteiger partial charge is 0.123 e. The van der Waals surface area contributed by atoms with Crippen LogP contribution in [-0.4, -0.2) is 25.4 Å². The van der Waals surface area contributed by atoms with Crippen molar-refractivity contribution in [2.45, 2.75) is 52.8 Å². The van der Waals surface area contributed by atoms with Gasteiger partial charge in [-0.2, -0.15) is 0 Å². The van der Waals surface area contributed by atoms with Gasteiger partial charge in [0.25, 0.3) is 0 Å². The summed E-state index contributed by atoms with van der Waals surface area (Å²) in [7, 11) is 1.70. The Bertz CT molecular complexity index is 396. The van der Waals surface area contributed by atoms with Gasteiger partial charge < -0.3 is 14.8 Å². The van der Waals surface area contributed by atoms with Gasteiger partial charge in [-0.05, 0) is 40.7 Å². The Balaban J connectivity index is 2.74. The van der Waals surface area contributed by atoms with Crippen molar-refractivity contribution in [2.75, 3.05) is 13.7 Å². The Morgan fingerprint density at radius 1 is 1.26 bits per heavy atom. The zero-order valence-electron chi connectivity index (χ0n) is 13.0. The normalized spacial score (nSPS) is 13.4. The van der Waals surface area contributed by atoms with Gasteiger partial charge in [0.1, 0.15) is 12.4 Å². The van der Waals surface area contributed by atoms with Gasteiger partial charge in [-0.15, -0.1) is 0 Å². The fourth-order valence-electron chi connectivity index (χ4n) is 1.62. The first-order chi connectivity index (χ1) is 8.81. The van der Waals surface area contributed by atoms with Gasteiger partial charge in [0.15, 0.2) is 0 Å². The minimum absolute atomic E-state index is 0.0981. The molecule has 0 bridgehead atoms. The molecule has 0 aromatic heterocycles. The second-order valence-electron chi connectivity index (χ2n) is 6.07. The zero-order chi connectivity index (χ0) is 14.5. The summed E-state index contributed by atoms with van der Waals surface area (Å²) in [5.74, 6) is 0.936. The van der Waals surface area contributed by atoms with E-state index in [0.29, 0.717) is 6.61 Å². The molecule has 0 aliphatic rings. The van der Waals surface area contributed by atoms with Crippen LogP contribution in [0.1, 0.15) is 38.8 Å². The first-order valence-electron chi connectivity index (χ1n) is 6.82. The van der Waals surface area contributed by atoms with Gasteiger partial charge >= 0.3 is 0 Å². The number of rotatable bonds is 6. The Labute approximate surface area is 117 Å². The summed E-state index contributed by atoms with van der Waals surface area (Å²) in [6.07, 6.45) is 0.102. The molecule has 0 aliphatic heterocycles. The maximum absolute atomic E-state index is 5.85. The second-order valence-corrected chi connectivity index (χ2v) is 6.07. The molecule has 0 spiro atoms. The van der Waals surface area contributed by atoms with Gasteiger partial charge in [-0.1, -0.05) is 17.7 Å². The van der Waals surface area contributed by atoms with Crippen molar-refractivity contribution in [3.05, 3.63) is 29.3 Å². The van der Waals surface area contributed by atoms with Gasteiger partial charge in [0, 0.05) is 24.8 Å². The highest BCUT2D eigenvalue weighted by Crippen LogP contribution is 2.21. The highest BCUT2D eigenvalue weighted by Gasteiger charge is 2.12. The Morgan fingerprint density at radius 3 is 2.53 bits per heavy atom. The van der Waals surface area contributed by atoms with Crippen molar-refractivity contribution in [1.29, 1.82) is 0 Å². The first kappa shape index (κ1) is 16.0. The molecular weight excluding hydrogens is 238 g/mol. The van der Waals surface area contributed by atoms with E-state index in [-0.39, 0.29) is 11.6 Å². The molecule has 0 aliphatic carbocycles. The first-order valence-corrected chi connectivity index (χ1v) is 6.82. The van der Waals surface area contributed by atoms with Crippen LogP contribution in [0.3, 0.4) is 0 Å². The molecule has 19 heavy (non-hydrogen) atoms. The van der Waals surface area contributed by atoms with E-state index in [2.05, 4.69) is 45.1 Å². The van der Waals surface area contributed by atoms with E-state index in [1.54, 1.807) is 7.11 Å². The molecule has 108 valence electrons. The number of benzene rings is 1. The molecule has 1 atom stereocenters. The lowest BCUT2D eigenvalue weighted by Crippen LogP contribution is -2.35. The molecule has 1 aromatic rings. The van der Waals surface area contributed by atoms with Crippen LogP contribution in [0, 0.1) is 6.92 Å². The number of hydrogen-bond acceptors (Lipinski definition) is 3. The second kappa shape index (κ2) is 6.92. The summed E-state index contributed by atoms with van der Waals surface area (Å²) in [5, 5.41) is 3.50. The van der Waals surface area contributed by atoms with E-state index in [1.807, 2.05) is 13.0 Å². The summed E-state index contributed by atoms with van der Waals surface area (Å²) >= 11 is 0. The molecule has 0 fully saturated rings. The maximum Gasteiger partial charge on any atom is 0.123 e. The van der Waals surface area contributed by atoms with Crippen LogP contribution >= 0.6 is 0 Å². The Hall–Kier alpha value is -1.06. The van der Waals surface area contributed by atoms with E-state index in [0.717, 1.165) is 12.3 Å². The largest absolute Gasteiger partial charge is 0.491 e. The highest BCUT2D eigenvalue weighted by molar-refractivity contribution is 5.37. The lowest BCUT2D eigenvalue weighted by molar-refractivity contribution is 0.0712. The van der Waals surface area contributed by atoms with Crippen molar-refractivity contribution in [3.63, 3.8) is 0 Å². The van der Waals surface area contributed by atoms with Crippen molar-refractivity contribution in [3.8, 4) is 5.75 Å². The number of aryl methyl sites for hydroxylation is 1. The van der Waals surface area contributed by atoms with Gasteiger partial charge in [-0.3, -0.25) is 0 Å². The van der Waals surface area contributed by atoms with Crippen LogP contribution in [-0.2, 0) is 11.3 Å². The van der Waals surface area contributed by atoms with Gasteiger partial charge in [0.05, 0.1) is 6.10 Å². The van der Waals surface area contributed by atoms with Crippen molar-refractivity contribution in [1.82, 2.24) is 5.32 Å². The standard InChI is InChI=1S/C16H27NO2/c1-12-7-8-15(19-11-13(2)18-6)14(9-12)10-17-16(3,4)5/h7-9,13,17H,10-11H2,1-6H3. The summed E-state index contributed by atoms with van der Waals surface area (Å²) < 4.78 is 11.1. The van der Waals surface area contributed by atoms with Crippen LogP contribution in [0.5, 0.6) is 5.75 Å². The molecule has 0 saturated heterocycles. The molecule has 3 nitrogen and oxygen atoms in total. The fraction of sp³-hybridized carbons (Fsp3) is 0.625. The summed E-state index contributed by atoms with van der Waals surface area (Å²) in [6, 6.07) is 6.29. The third-order valence-electron chi connectivity index (χ3n) is 2.90. The van der Waals surface area contributed by atoms with E-state index >= 15 is 0 Å². The molecule has 0 saturated carbocycles. The molecular formula is C16H27NO2. The third-order valence-corrected chi connectivity index (χ3v) is 2.90. The minimum Gasteiger partial charge on any atom is -0.491 e. The molecule has 0 radical (unpaired) electrons. The third kappa shape index (κ3) is 6.08. The summed E-state index contributed by atoms with van der Waals surface area (Å²) in [5.41, 5.74) is 2.54. The molecule has 1 aromatic carbocycles. The summed E-state index contributed by atoms with van der Waals surface area (Å²) in [4.78, 5) is 0. The number of ether oxygens (including phenoxy) is 2. The van der Waals surface area contributed by atoms with Crippen LogP contribution < -0.4 is 10.1 Å². The van der Waals surface area contributed by atoms with Crippen LogP contribution in [0.25, 0.3) is 0 Å². The molecule has 0 heterocycles. The molecule has 1 rings (SSSR count). The van der Waals surface area contributed by atoms with Gasteiger partial charge in [0.2, 0.25) is 0 Å². The van der Waals surface area contributed by atoms with Crippen molar-refractivity contribution < 1.29 is 9.47 Å². The van der Waals surface area contributed by atoms with Crippen LogP contribution in [0.2, 0.25) is 0 Å². The molecule has 3 heteroatoms. The zero-order valence-corrected chi connectivity index (χ0v) is 13.0. The Kier molecular flexibility index (Phi) is 5.83. The van der Waals surface area contributed by atoms with Crippen molar-refractivity contribution >= 4 is 0 Å². The monoisotopic (exact) mass is 265 g/mol. The van der Waals surface area contributed by atoms with Crippen LogP contribution in [0.15, 0.2) is 18.2 Å². The highest BCUT2D eigenvalue weighted by atomic mass is 16.5. The number of nitrogens with one attached hydrogen (secondary N) is 1. The number of hydrogen-bond donors (Lipinski definition) is 1. The van der Waals surface area contributed by atoms with E-state index in [1.165, 1.54) is 11.1 Å². The number of methoxy groups -OCH3 is 1. The molecule has 1 N–H and O–H groups in total. The topological polar surface area (TPSA) is 30.5 Å². The molecule has 1 unspecified atom stereocenters. The Morgan fingerprint density at radius 2 is 1.95 bits per heavy atom.